The first kappa shape index (κ1) is 12.0. The minimum Gasteiger partial charge on any atom is -0.384 e. The Labute approximate surface area is 110 Å². The molecule has 1 saturated heterocycles. The van der Waals surface area contributed by atoms with Crippen LogP contribution >= 0.6 is 0 Å². The van der Waals surface area contributed by atoms with Crippen LogP contribution in [-0.4, -0.2) is 44.2 Å². The summed E-state index contributed by atoms with van der Waals surface area (Å²) in [5.41, 5.74) is 2.88. The number of fused-ring (bicyclic) bond motifs is 1. The summed E-state index contributed by atoms with van der Waals surface area (Å²) in [4.78, 5) is 2.59. The third kappa shape index (κ3) is 2.68. The number of benzene rings is 1. The van der Waals surface area contributed by atoms with Crippen LogP contribution in [0.15, 0.2) is 24.3 Å². The standard InChI is InChI=1S/C15H23N3/c1-2-6-15-14(5-1)13(12-17-15)4-3-9-18-10-7-16-8-11-18/h1-2,5-6,13,16-17H,3-4,7-12H2. The Hall–Kier alpha value is -1.06. The van der Waals surface area contributed by atoms with Gasteiger partial charge in [0.05, 0.1) is 0 Å². The van der Waals surface area contributed by atoms with Crippen molar-refractivity contribution in [3.05, 3.63) is 29.8 Å². The smallest absolute Gasteiger partial charge is 0.0376 e. The van der Waals surface area contributed by atoms with E-state index in [0.29, 0.717) is 0 Å². The van der Waals surface area contributed by atoms with Gasteiger partial charge < -0.3 is 15.5 Å². The largest absolute Gasteiger partial charge is 0.384 e. The molecule has 98 valence electrons. The van der Waals surface area contributed by atoms with Crippen LogP contribution in [0.5, 0.6) is 0 Å². The molecule has 0 bridgehead atoms. The number of hydrogen-bond acceptors (Lipinski definition) is 3. The Morgan fingerprint density at radius 3 is 2.89 bits per heavy atom. The maximum atomic E-state index is 3.52. The van der Waals surface area contributed by atoms with Gasteiger partial charge in [-0.2, -0.15) is 0 Å². The summed E-state index contributed by atoms with van der Waals surface area (Å²) in [5.74, 6) is 0.726. The van der Waals surface area contributed by atoms with Crippen molar-refractivity contribution in [2.75, 3.05) is 44.6 Å². The number of rotatable bonds is 4. The second-order valence-corrected chi connectivity index (χ2v) is 5.40. The SMILES string of the molecule is c1ccc2c(c1)NCC2CCCN1CCNCC1. The lowest BCUT2D eigenvalue weighted by Gasteiger charge is -2.27. The molecule has 1 aromatic carbocycles. The van der Waals surface area contributed by atoms with Gasteiger partial charge in [0.25, 0.3) is 0 Å². The van der Waals surface area contributed by atoms with E-state index in [-0.39, 0.29) is 0 Å². The molecule has 0 amide bonds. The van der Waals surface area contributed by atoms with Gasteiger partial charge in [0.15, 0.2) is 0 Å². The van der Waals surface area contributed by atoms with Crippen LogP contribution in [-0.2, 0) is 0 Å². The van der Waals surface area contributed by atoms with Crippen LogP contribution in [0.2, 0.25) is 0 Å². The van der Waals surface area contributed by atoms with Gasteiger partial charge in [-0.05, 0) is 31.0 Å². The van der Waals surface area contributed by atoms with Crippen LogP contribution in [0.3, 0.4) is 0 Å². The molecular weight excluding hydrogens is 222 g/mol. The molecule has 0 aliphatic carbocycles. The van der Waals surface area contributed by atoms with E-state index in [9.17, 15) is 0 Å². The zero-order valence-electron chi connectivity index (χ0n) is 11.0. The van der Waals surface area contributed by atoms with E-state index in [4.69, 9.17) is 0 Å². The number of nitrogens with one attached hydrogen (secondary N) is 2. The Morgan fingerprint density at radius 1 is 1.17 bits per heavy atom. The lowest BCUT2D eigenvalue weighted by Crippen LogP contribution is -2.43. The van der Waals surface area contributed by atoms with Gasteiger partial charge in [-0.1, -0.05) is 18.2 Å². The molecule has 1 atom stereocenters. The van der Waals surface area contributed by atoms with Gasteiger partial charge in [-0.3, -0.25) is 0 Å². The molecule has 1 aromatic rings. The van der Waals surface area contributed by atoms with Gasteiger partial charge in [-0.25, -0.2) is 0 Å². The predicted octanol–water partition coefficient (Wildman–Crippen LogP) is 1.88. The summed E-state index contributed by atoms with van der Waals surface area (Å²) in [6, 6.07) is 8.76. The normalized spacial score (nSPS) is 23.7. The van der Waals surface area contributed by atoms with Crippen molar-refractivity contribution in [3.8, 4) is 0 Å². The maximum absolute atomic E-state index is 3.52. The molecule has 0 aromatic heterocycles. The fourth-order valence-corrected chi connectivity index (χ4v) is 3.11. The van der Waals surface area contributed by atoms with Gasteiger partial charge in [0.1, 0.15) is 0 Å². The first-order chi connectivity index (χ1) is 8.93. The molecule has 18 heavy (non-hydrogen) atoms. The summed E-state index contributed by atoms with van der Waals surface area (Å²) in [5, 5.41) is 6.92. The maximum Gasteiger partial charge on any atom is 0.0376 e. The highest BCUT2D eigenvalue weighted by molar-refractivity contribution is 5.57. The van der Waals surface area contributed by atoms with E-state index in [0.717, 1.165) is 25.6 Å². The molecule has 2 N–H and O–H groups in total. The van der Waals surface area contributed by atoms with Gasteiger partial charge in [-0.15, -0.1) is 0 Å². The number of nitrogens with zero attached hydrogens (tertiary/aromatic N) is 1. The fourth-order valence-electron chi connectivity index (χ4n) is 3.11. The topological polar surface area (TPSA) is 27.3 Å². The second-order valence-electron chi connectivity index (χ2n) is 5.40. The quantitative estimate of drug-likeness (QED) is 0.848. The van der Waals surface area contributed by atoms with Gasteiger partial charge in [0.2, 0.25) is 0 Å². The number of para-hydroxylation sites is 1. The molecule has 3 rings (SSSR count). The zero-order chi connectivity index (χ0) is 12.2. The summed E-state index contributed by atoms with van der Waals surface area (Å²) in [6.45, 7) is 7.15. The average Bonchev–Trinajstić information content (AvgIpc) is 2.84. The third-order valence-electron chi connectivity index (χ3n) is 4.18. The molecule has 2 heterocycles. The lowest BCUT2D eigenvalue weighted by atomic mass is 9.96. The zero-order valence-corrected chi connectivity index (χ0v) is 11.0. The molecule has 3 nitrogen and oxygen atoms in total. The van der Waals surface area contributed by atoms with E-state index in [1.54, 1.807) is 0 Å². The van der Waals surface area contributed by atoms with Crippen molar-refractivity contribution in [2.45, 2.75) is 18.8 Å². The van der Waals surface area contributed by atoms with Crippen molar-refractivity contribution < 1.29 is 0 Å². The van der Waals surface area contributed by atoms with Gasteiger partial charge in [0, 0.05) is 44.3 Å². The summed E-state index contributed by atoms with van der Waals surface area (Å²) in [7, 11) is 0. The molecule has 1 unspecified atom stereocenters. The minimum absolute atomic E-state index is 0.726. The third-order valence-corrected chi connectivity index (χ3v) is 4.18. The number of piperazine rings is 1. The first-order valence-electron chi connectivity index (χ1n) is 7.19. The van der Waals surface area contributed by atoms with Crippen molar-refractivity contribution in [1.29, 1.82) is 0 Å². The lowest BCUT2D eigenvalue weighted by molar-refractivity contribution is 0.235. The minimum atomic E-state index is 0.726. The Balaban J connectivity index is 1.47. The van der Waals surface area contributed by atoms with E-state index in [1.807, 2.05) is 0 Å². The Morgan fingerprint density at radius 2 is 2.00 bits per heavy atom. The molecule has 0 spiro atoms. The van der Waals surface area contributed by atoms with E-state index in [1.165, 1.54) is 43.7 Å². The highest BCUT2D eigenvalue weighted by Crippen LogP contribution is 2.33. The van der Waals surface area contributed by atoms with Crippen molar-refractivity contribution in [3.63, 3.8) is 0 Å². The van der Waals surface area contributed by atoms with Crippen LogP contribution in [0.4, 0.5) is 5.69 Å². The van der Waals surface area contributed by atoms with Crippen LogP contribution in [0, 0.1) is 0 Å². The van der Waals surface area contributed by atoms with Gasteiger partial charge >= 0.3 is 0 Å². The molecule has 1 fully saturated rings. The Kier molecular flexibility index (Phi) is 3.81. The predicted molar refractivity (Wildman–Crippen MR) is 76.2 cm³/mol. The highest BCUT2D eigenvalue weighted by Gasteiger charge is 2.21. The van der Waals surface area contributed by atoms with E-state index >= 15 is 0 Å². The first-order valence-corrected chi connectivity index (χ1v) is 7.19. The molecule has 0 radical (unpaired) electrons. The second kappa shape index (κ2) is 5.72. The van der Waals surface area contributed by atoms with E-state index in [2.05, 4.69) is 39.8 Å². The average molecular weight is 245 g/mol. The summed E-state index contributed by atoms with van der Waals surface area (Å²) in [6.07, 6.45) is 2.63. The highest BCUT2D eigenvalue weighted by atomic mass is 15.2. The number of hydrogen-bond donors (Lipinski definition) is 2. The summed E-state index contributed by atoms with van der Waals surface area (Å²) >= 11 is 0. The van der Waals surface area contributed by atoms with Crippen LogP contribution in [0.25, 0.3) is 0 Å². The van der Waals surface area contributed by atoms with Crippen molar-refractivity contribution in [2.24, 2.45) is 0 Å². The molecule has 2 aliphatic heterocycles. The van der Waals surface area contributed by atoms with Crippen molar-refractivity contribution >= 4 is 5.69 Å². The molecule has 2 aliphatic rings. The summed E-state index contributed by atoms with van der Waals surface area (Å²) < 4.78 is 0. The monoisotopic (exact) mass is 245 g/mol. The Bertz CT molecular complexity index is 385. The molecular formula is C15H23N3. The van der Waals surface area contributed by atoms with Crippen molar-refractivity contribution in [1.82, 2.24) is 10.2 Å². The number of anilines is 1. The van der Waals surface area contributed by atoms with Crippen LogP contribution in [0.1, 0.15) is 24.3 Å². The fraction of sp³-hybridized carbons (Fsp3) is 0.600. The van der Waals surface area contributed by atoms with Crippen LogP contribution < -0.4 is 10.6 Å². The van der Waals surface area contributed by atoms with E-state index < -0.39 is 0 Å². The molecule has 3 heteroatoms. The molecule has 0 saturated carbocycles.